The second-order valence-electron chi connectivity index (χ2n) is 4.71. The molecule has 0 bridgehead atoms. The van der Waals surface area contributed by atoms with Gasteiger partial charge in [-0.3, -0.25) is 4.79 Å². The minimum Gasteiger partial charge on any atom is -0.484 e. The third-order valence-corrected chi connectivity index (χ3v) is 3.21. The van der Waals surface area contributed by atoms with Crippen molar-refractivity contribution in [3.8, 4) is 5.75 Å². The second-order valence-corrected chi connectivity index (χ2v) is 5.15. The Kier molecular flexibility index (Phi) is 5.50. The number of carbonyl (C=O) groups excluding carboxylic acids is 1. The van der Waals surface area contributed by atoms with E-state index < -0.39 is 11.7 Å². The lowest BCUT2D eigenvalue weighted by atomic mass is 10.2. The predicted molar refractivity (Wildman–Crippen MR) is 80.2 cm³/mol. The third-order valence-electron chi connectivity index (χ3n) is 2.95. The maximum Gasteiger partial charge on any atom is 0.416 e. The minimum atomic E-state index is -4.39. The smallest absolute Gasteiger partial charge is 0.416 e. The molecule has 1 N–H and O–H groups in total. The molecule has 0 spiro atoms. The number of halogens is 4. The lowest BCUT2D eigenvalue weighted by molar-refractivity contribution is -0.137. The standard InChI is InChI=1S/C16H13ClF3NO2/c17-13-5-1-11(2-6-13)9-21-15(22)10-23-14-7-3-12(4-8-14)16(18,19)20/h1-8H,9-10H2,(H,21,22). The van der Waals surface area contributed by atoms with Crippen molar-refractivity contribution >= 4 is 17.5 Å². The summed E-state index contributed by atoms with van der Waals surface area (Å²) in [5, 5.41) is 3.24. The van der Waals surface area contributed by atoms with E-state index in [0.29, 0.717) is 11.6 Å². The van der Waals surface area contributed by atoms with Gasteiger partial charge in [0.15, 0.2) is 6.61 Å². The molecule has 1 amide bonds. The molecule has 2 aromatic rings. The van der Waals surface area contributed by atoms with Gasteiger partial charge in [-0.05, 0) is 42.0 Å². The van der Waals surface area contributed by atoms with Gasteiger partial charge in [-0.1, -0.05) is 23.7 Å². The Bertz CT molecular complexity index is 655. The largest absolute Gasteiger partial charge is 0.484 e. The molecule has 0 heterocycles. The number of ether oxygens (including phenoxy) is 1. The summed E-state index contributed by atoms with van der Waals surface area (Å²) in [7, 11) is 0. The Labute approximate surface area is 136 Å². The molecular weight excluding hydrogens is 331 g/mol. The van der Waals surface area contributed by atoms with Crippen LogP contribution in [0.15, 0.2) is 48.5 Å². The van der Waals surface area contributed by atoms with Crippen molar-refractivity contribution in [3.63, 3.8) is 0 Å². The van der Waals surface area contributed by atoms with E-state index >= 15 is 0 Å². The third kappa shape index (κ3) is 5.49. The van der Waals surface area contributed by atoms with E-state index in [-0.39, 0.29) is 18.3 Å². The Morgan fingerprint density at radius 1 is 1.04 bits per heavy atom. The van der Waals surface area contributed by atoms with Gasteiger partial charge in [0.2, 0.25) is 0 Å². The first-order valence-electron chi connectivity index (χ1n) is 6.66. The highest BCUT2D eigenvalue weighted by molar-refractivity contribution is 6.30. The van der Waals surface area contributed by atoms with Crippen molar-refractivity contribution in [1.29, 1.82) is 0 Å². The summed E-state index contributed by atoms with van der Waals surface area (Å²) in [6, 6.07) is 11.1. The van der Waals surface area contributed by atoms with Crippen molar-refractivity contribution in [2.75, 3.05) is 6.61 Å². The average Bonchev–Trinajstić information content (AvgIpc) is 2.52. The summed E-state index contributed by atoms with van der Waals surface area (Å²) < 4.78 is 42.4. The Morgan fingerprint density at radius 2 is 1.65 bits per heavy atom. The molecule has 3 nitrogen and oxygen atoms in total. The number of rotatable bonds is 5. The van der Waals surface area contributed by atoms with E-state index in [1.807, 2.05) is 0 Å². The van der Waals surface area contributed by atoms with Crippen LogP contribution in [-0.2, 0) is 17.5 Å². The van der Waals surface area contributed by atoms with Crippen LogP contribution in [0.2, 0.25) is 5.02 Å². The lowest BCUT2D eigenvalue weighted by Gasteiger charge is -2.09. The lowest BCUT2D eigenvalue weighted by Crippen LogP contribution is -2.28. The second kappa shape index (κ2) is 7.37. The van der Waals surface area contributed by atoms with Gasteiger partial charge in [0.1, 0.15) is 5.75 Å². The summed E-state index contributed by atoms with van der Waals surface area (Å²) >= 11 is 5.75. The van der Waals surface area contributed by atoms with Crippen LogP contribution < -0.4 is 10.1 Å². The van der Waals surface area contributed by atoms with Crippen LogP contribution in [0.4, 0.5) is 13.2 Å². The van der Waals surface area contributed by atoms with Crippen molar-refractivity contribution in [2.24, 2.45) is 0 Å². The fraction of sp³-hybridized carbons (Fsp3) is 0.188. The number of benzene rings is 2. The molecule has 122 valence electrons. The van der Waals surface area contributed by atoms with Crippen LogP contribution in [0.1, 0.15) is 11.1 Å². The van der Waals surface area contributed by atoms with E-state index in [1.165, 1.54) is 12.1 Å². The molecule has 0 radical (unpaired) electrons. The molecular formula is C16H13ClF3NO2. The summed E-state index contributed by atoms with van der Waals surface area (Å²) in [5.74, 6) is -0.181. The Hall–Kier alpha value is -2.21. The summed E-state index contributed by atoms with van der Waals surface area (Å²) in [6.07, 6.45) is -4.39. The average molecular weight is 344 g/mol. The van der Waals surface area contributed by atoms with Gasteiger partial charge >= 0.3 is 6.18 Å². The van der Waals surface area contributed by atoms with Gasteiger partial charge in [-0.25, -0.2) is 0 Å². The van der Waals surface area contributed by atoms with Gasteiger partial charge in [0.25, 0.3) is 5.91 Å². The van der Waals surface area contributed by atoms with E-state index in [9.17, 15) is 18.0 Å². The van der Waals surface area contributed by atoms with Gasteiger partial charge in [-0.15, -0.1) is 0 Å². The molecule has 0 aliphatic carbocycles. The Balaban J connectivity index is 1.79. The van der Waals surface area contributed by atoms with Crippen molar-refractivity contribution in [2.45, 2.75) is 12.7 Å². The zero-order valence-corrected chi connectivity index (χ0v) is 12.6. The summed E-state index contributed by atoms with van der Waals surface area (Å²) in [6.45, 7) is 0.0331. The number of carbonyl (C=O) groups is 1. The van der Waals surface area contributed by atoms with Crippen LogP contribution in [0.5, 0.6) is 5.75 Å². The van der Waals surface area contributed by atoms with Crippen molar-refractivity contribution < 1.29 is 22.7 Å². The van der Waals surface area contributed by atoms with Gasteiger partial charge in [0.05, 0.1) is 5.56 Å². The quantitative estimate of drug-likeness (QED) is 0.889. The van der Waals surface area contributed by atoms with Gasteiger partial charge in [-0.2, -0.15) is 13.2 Å². The highest BCUT2D eigenvalue weighted by Crippen LogP contribution is 2.30. The molecule has 2 rings (SSSR count). The van der Waals surface area contributed by atoms with Gasteiger partial charge < -0.3 is 10.1 Å². The molecule has 0 fully saturated rings. The molecule has 0 saturated carbocycles. The van der Waals surface area contributed by atoms with Crippen molar-refractivity contribution in [3.05, 3.63) is 64.7 Å². The zero-order valence-electron chi connectivity index (χ0n) is 11.9. The van der Waals surface area contributed by atoms with E-state index in [0.717, 1.165) is 17.7 Å². The first-order valence-corrected chi connectivity index (χ1v) is 7.03. The molecule has 7 heteroatoms. The molecule has 0 unspecified atom stereocenters. The summed E-state index contributed by atoms with van der Waals surface area (Å²) in [5.41, 5.74) is 0.106. The number of alkyl halides is 3. The monoisotopic (exact) mass is 343 g/mol. The van der Waals surface area contributed by atoms with E-state index in [4.69, 9.17) is 16.3 Å². The number of amides is 1. The van der Waals surface area contributed by atoms with Crippen LogP contribution in [0.25, 0.3) is 0 Å². The number of hydrogen-bond acceptors (Lipinski definition) is 2. The zero-order chi connectivity index (χ0) is 16.9. The fourth-order valence-corrected chi connectivity index (χ4v) is 1.87. The Morgan fingerprint density at radius 3 is 2.22 bits per heavy atom. The van der Waals surface area contributed by atoms with Crippen LogP contribution in [0, 0.1) is 0 Å². The van der Waals surface area contributed by atoms with Crippen molar-refractivity contribution in [1.82, 2.24) is 5.32 Å². The van der Waals surface area contributed by atoms with Crippen LogP contribution in [-0.4, -0.2) is 12.5 Å². The normalized spacial score (nSPS) is 11.1. The maximum absolute atomic E-state index is 12.4. The summed E-state index contributed by atoms with van der Waals surface area (Å²) in [4.78, 5) is 11.6. The maximum atomic E-state index is 12.4. The first-order chi connectivity index (χ1) is 10.8. The molecule has 2 aromatic carbocycles. The molecule has 0 saturated heterocycles. The minimum absolute atomic E-state index is 0.194. The van der Waals surface area contributed by atoms with E-state index in [2.05, 4.69) is 5.32 Å². The van der Waals surface area contributed by atoms with Crippen LogP contribution in [0.3, 0.4) is 0 Å². The highest BCUT2D eigenvalue weighted by Gasteiger charge is 2.30. The molecule has 0 aromatic heterocycles. The SMILES string of the molecule is O=C(COc1ccc(C(F)(F)F)cc1)NCc1ccc(Cl)cc1. The first kappa shape index (κ1) is 17.1. The number of hydrogen-bond donors (Lipinski definition) is 1. The van der Waals surface area contributed by atoms with Gasteiger partial charge in [0, 0.05) is 11.6 Å². The molecule has 0 aliphatic heterocycles. The predicted octanol–water partition coefficient (Wildman–Crippen LogP) is 4.05. The molecule has 23 heavy (non-hydrogen) atoms. The highest BCUT2D eigenvalue weighted by atomic mass is 35.5. The molecule has 0 atom stereocenters. The number of nitrogens with one attached hydrogen (secondary N) is 1. The van der Waals surface area contributed by atoms with Crippen LogP contribution >= 0.6 is 11.6 Å². The molecule has 0 aliphatic rings. The van der Waals surface area contributed by atoms with E-state index in [1.54, 1.807) is 24.3 Å². The topological polar surface area (TPSA) is 38.3 Å². The fourth-order valence-electron chi connectivity index (χ4n) is 1.74.